The van der Waals surface area contributed by atoms with Crippen LogP contribution in [0.2, 0.25) is 0 Å². The van der Waals surface area contributed by atoms with Crippen molar-refractivity contribution in [2.75, 3.05) is 26.7 Å². The molecule has 1 saturated heterocycles. The number of carbonyl (C=O) groups excluding carboxylic acids is 1. The highest BCUT2D eigenvalue weighted by Crippen LogP contribution is 2.51. The third-order valence-corrected chi connectivity index (χ3v) is 7.75. The van der Waals surface area contributed by atoms with Crippen LogP contribution in [0.15, 0.2) is 42.6 Å². The van der Waals surface area contributed by atoms with Gasteiger partial charge in [-0.2, -0.15) is 0 Å². The molecule has 3 aliphatic rings. The average molecular weight is 458 g/mol. The SMILES string of the molecule is CO[C@]1(c2ccnc(C(N)=O)c2)[C@@H]2CCC[C@H]1CN(CC1(O)Cc3ccccc3C1)C2.Cl. The Morgan fingerprint density at radius 3 is 2.38 bits per heavy atom. The summed E-state index contributed by atoms with van der Waals surface area (Å²) in [6, 6.07) is 12.2. The van der Waals surface area contributed by atoms with Crippen LogP contribution in [0.25, 0.3) is 0 Å². The van der Waals surface area contributed by atoms with Crippen LogP contribution >= 0.6 is 12.4 Å². The summed E-state index contributed by atoms with van der Waals surface area (Å²) >= 11 is 0. The molecule has 0 spiro atoms. The number of ether oxygens (including phenoxy) is 1. The molecule has 1 saturated carbocycles. The number of likely N-dealkylation sites (tertiary alicyclic amines) is 1. The summed E-state index contributed by atoms with van der Waals surface area (Å²) in [6.07, 6.45) is 6.41. The Hall–Kier alpha value is -1.99. The number of piperidine rings is 1. The van der Waals surface area contributed by atoms with Gasteiger partial charge in [0.25, 0.3) is 5.91 Å². The van der Waals surface area contributed by atoms with Gasteiger partial charge in [0.05, 0.1) is 5.60 Å². The van der Waals surface area contributed by atoms with E-state index < -0.39 is 17.1 Å². The van der Waals surface area contributed by atoms with Crippen LogP contribution in [0, 0.1) is 11.8 Å². The van der Waals surface area contributed by atoms with E-state index in [9.17, 15) is 9.90 Å². The second kappa shape index (κ2) is 8.75. The van der Waals surface area contributed by atoms with E-state index in [1.165, 1.54) is 17.5 Å². The van der Waals surface area contributed by atoms with Gasteiger partial charge >= 0.3 is 0 Å². The summed E-state index contributed by atoms with van der Waals surface area (Å²) in [5.41, 5.74) is 8.17. The number of aromatic nitrogens is 1. The number of halogens is 1. The molecule has 32 heavy (non-hydrogen) atoms. The minimum absolute atomic E-state index is 0. The van der Waals surface area contributed by atoms with Crippen LogP contribution in [0.3, 0.4) is 0 Å². The fraction of sp³-hybridized carbons (Fsp3) is 0.520. The van der Waals surface area contributed by atoms with Crippen molar-refractivity contribution in [3.05, 3.63) is 65.0 Å². The lowest BCUT2D eigenvalue weighted by Crippen LogP contribution is -2.61. The Bertz CT molecular complexity index is 959. The normalized spacial score (nSPS) is 28.6. The summed E-state index contributed by atoms with van der Waals surface area (Å²) in [7, 11) is 1.78. The maximum absolute atomic E-state index is 11.7. The molecule has 3 atom stereocenters. The number of rotatable bonds is 5. The lowest BCUT2D eigenvalue weighted by Gasteiger charge is -2.56. The zero-order valence-corrected chi connectivity index (χ0v) is 19.3. The number of nitrogens with two attached hydrogens (primary N) is 1. The molecule has 0 radical (unpaired) electrons. The number of hydrogen-bond donors (Lipinski definition) is 2. The maximum Gasteiger partial charge on any atom is 0.267 e. The fourth-order valence-corrected chi connectivity index (χ4v) is 6.59. The smallest absolute Gasteiger partial charge is 0.267 e. The summed E-state index contributed by atoms with van der Waals surface area (Å²) in [5, 5.41) is 11.4. The van der Waals surface area contributed by atoms with Crippen molar-refractivity contribution in [1.29, 1.82) is 0 Å². The number of methoxy groups -OCH3 is 1. The summed E-state index contributed by atoms with van der Waals surface area (Å²) in [5.74, 6) is 0.0692. The van der Waals surface area contributed by atoms with Crippen LogP contribution in [0.5, 0.6) is 0 Å². The first-order valence-corrected chi connectivity index (χ1v) is 11.3. The van der Waals surface area contributed by atoms with E-state index in [4.69, 9.17) is 10.5 Å². The fourth-order valence-electron chi connectivity index (χ4n) is 6.59. The topological polar surface area (TPSA) is 88.7 Å². The molecule has 1 aliphatic heterocycles. The van der Waals surface area contributed by atoms with Crippen molar-refractivity contribution in [3.8, 4) is 0 Å². The van der Waals surface area contributed by atoms with Gasteiger partial charge in [0.1, 0.15) is 11.3 Å². The molecule has 6 nitrogen and oxygen atoms in total. The second-order valence-electron chi connectivity index (χ2n) is 9.66. The van der Waals surface area contributed by atoms with Crippen molar-refractivity contribution in [2.24, 2.45) is 17.6 Å². The van der Waals surface area contributed by atoms with E-state index in [1.54, 1.807) is 13.3 Å². The van der Waals surface area contributed by atoms with Gasteiger partial charge in [0.2, 0.25) is 0 Å². The number of amides is 1. The highest BCUT2D eigenvalue weighted by atomic mass is 35.5. The predicted octanol–water partition coefficient (Wildman–Crippen LogP) is 2.71. The lowest BCUT2D eigenvalue weighted by molar-refractivity contribution is -0.175. The molecule has 0 unspecified atom stereocenters. The molecule has 2 heterocycles. The monoisotopic (exact) mass is 457 g/mol. The molecule has 2 aliphatic carbocycles. The van der Waals surface area contributed by atoms with E-state index in [-0.39, 0.29) is 18.1 Å². The number of aliphatic hydroxyl groups is 1. The summed E-state index contributed by atoms with van der Waals surface area (Å²) in [6.45, 7) is 2.42. The largest absolute Gasteiger partial charge is 0.388 e. The van der Waals surface area contributed by atoms with Gasteiger partial charge in [-0.3, -0.25) is 14.7 Å². The summed E-state index contributed by atoms with van der Waals surface area (Å²) < 4.78 is 6.29. The van der Waals surface area contributed by atoms with Crippen molar-refractivity contribution < 1.29 is 14.6 Å². The molecule has 1 aromatic carbocycles. The predicted molar refractivity (Wildman–Crippen MR) is 125 cm³/mol. The molecule has 3 N–H and O–H groups in total. The van der Waals surface area contributed by atoms with E-state index in [0.717, 1.165) is 44.3 Å². The van der Waals surface area contributed by atoms with Gasteiger partial charge in [0.15, 0.2) is 0 Å². The van der Waals surface area contributed by atoms with Gasteiger partial charge in [-0.15, -0.1) is 12.4 Å². The molecule has 172 valence electrons. The van der Waals surface area contributed by atoms with Gasteiger partial charge in [-0.05, 0) is 41.7 Å². The molecule has 1 aromatic heterocycles. The molecular weight excluding hydrogens is 426 g/mol. The highest BCUT2D eigenvalue weighted by molar-refractivity contribution is 5.90. The Morgan fingerprint density at radius 1 is 1.19 bits per heavy atom. The number of nitrogens with zero attached hydrogens (tertiary/aromatic N) is 2. The second-order valence-corrected chi connectivity index (χ2v) is 9.66. The lowest BCUT2D eigenvalue weighted by atomic mass is 9.62. The van der Waals surface area contributed by atoms with Crippen LogP contribution in [0.4, 0.5) is 0 Å². The Kier molecular flexibility index (Phi) is 6.34. The number of primary amides is 1. The third kappa shape index (κ3) is 3.83. The molecule has 5 rings (SSSR count). The quantitative estimate of drug-likeness (QED) is 0.720. The zero-order valence-electron chi connectivity index (χ0n) is 18.5. The first kappa shape index (κ1) is 23.2. The van der Waals surface area contributed by atoms with Gasteiger partial charge < -0.3 is 15.6 Å². The first-order valence-electron chi connectivity index (χ1n) is 11.3. The Balaban J connectivity index is 0.00000245. The molecule has 7 heteroatoms. The molecular formula is C25H32ClN3O3. The van der Waals surface area contributed by atoms with Crippen molar-refractivity contribution >= 4 is 18.3 Å². The molecule has 2 aromatic rings. The van der Waals surface area contributed by atoms with Crippen molar-refractivity contribution in [3.63, 3.8) is 0 Å². The van der Waals surface area contributed by atoms with Crippen molar-refractivity contribution in [1.82, 2.24) is 9.88 Å². The van der Waals surface area contributed by atoms with E-state index in [2.05, 4.69) is 34.1 Å². The molecule has 2 fully saturated rings. The third-order valence-electron chi connectivity index (χ3n) is 7.75. The molecule has 1 amide bonds. The van der Waals surface area contributed by atoms with Crippen LogP contribution in [0.1, 0.15) is 46.4 Å². The number of carbonyl (C=O) groups is 1. The number of pyridine rings is 1. The van der Waals surface area contributed by atoms with E-state index in [1.807, 2.05) is 12.1 Å². The maximum atomic E-state index is 11.7. The zero-order chi connectivity index (χ0) is 21.6. The van der Waals surface area contributed by atoms with Gasteiger partial charge in [0, 0.05) is 57.6 Å². The van der Waals surface area contributed by atoms with Gasteiger partial charge in [-0.25, -0.2) is 0 Å². The summed E-state index contributed by atoms with van der Waals surface area (Å²) in [4.78, 5) is 18.3. The Morgan fingerprint density at radius 2 is 1.81 bits per heavy atom. The van der Waals surface area contributed by atoms with Gasteiger partial charge in [-0.1, -0.05) is 30.7 Å². The minimum Gasteiger partial charge on any atom is -0.388 e. The molecule has 2 bridgehead atoms. The minimum atomic E-state index is -0.707. The average Bonchev–Trinajstić information content (AvgIpc) is 3.08. The first-order chi connectivity index (χ1) is 14.9. The van der Waals surface area contributed by atoms with E-state index in [0.29, 0.717) is 18.4 Å². The Labute approximate surface area is 195 Å². The van der Waals surface area contributed by atoms with Crippen LogP contribution in [-0.2, 0) is 23.2 Å². The van der Waals surface area contributed by atoms with E-state index >= 15 is 0 Å². The number of hydrogen-bond acceptors (Lipinski definition) is 5. The number of fused-ring (bicyclic) bond motifs is 3. The highest BCUT2D eigenvalue weighted by Gasteiger charge is 2.54. The standard InChI is InChI=1S/C25H31N3O3.ClH/c1-31-25(19-9-10-27-22(11-19)23(26)29)20-7-4-8-21(25)15-28(14-20)16-24(30)12-17-5-2-3-6-18(17)13-24;/h2-3,5-6,9-11,20-21,30H,4,7-8,12-16H2,1H3,(H2,26,29);1H/t20-,21+,25-;. The number of benzene rings is 1. The van der Waals surface area contributed by atoms with Crippen LogP contribution < -0.4 is 5.73 Å². The van der Waals surface area contributed by atoms with Crippen molar-refractivity contribution in [2.45, 2.75) is 43.3 Å². The van der Waals surface area contributed by atoms with Crippen LogP contribution in [-0.4, -0.2) is 53.2 Å². The number of β-amino-alcohol motifs (C(OH)–C–C–N with tert-alkyl or cyclic N) is 1.